The standard InChI is InChI=1S/C20H36N2O7/c1-5-6-8-21-18(23)7-10-25-12-14-27-16-17-28-15-13-26-11-9-22-19(24)29-20(2,3)4/h7-17H2,1-4H3,(H,21,23)(H,22,24). The average Bonchev–Trinajstić information content (AvgIpc) is 2.63. The first-order valence-electron chi connectivity index (χ1n) is 9.79. The number of alkyl carbamates (subject to hydrolysis) is 1. The molecular weight excluding hydrogens is 380 g/mol. The van der Waals surface area contributed by atoms with Crippen LogP contribution in [0.5, 0.6) is 0 Å². The van der Waals surface area contributed by atoms with Gasteiger partial charge in [-0.2, -0.15) is 0 Å². The van der Waals surface area contributed by atoms with Crippen molar-refractivity contribution in [2.75, 3.05) is 65.9 Å². The van der Waals surface area contributed by atoms with Gasteiger partial charge >= 0.3 is 6.09 Å². The second kappa shape index (κ2) is 18.2. The Hall–Kier alpha value is -1.86. The minimum Gasteiger partial charge on any atom is -0.444 e. The summed E-state index contributed by atoms with van der Waals surface area (Å²) >= 11 is 0. The lowest BCUT2D eigenvalue weighted by Gasteiger charge is -2.19. The van der Waals surface area contributed by atoms with Crippen LogP contribution in [0.1, 0.15) is 34.1 Å². The van der Waals surface area contributed by atoms with Gasteiger partial charge in [-0.15, -0.1) is 5.92 Å². The van der Waals surface area contributed by atoms with Crippen molar-refractivity contribution in [2.24, 2.45) is 0 Å². The molecule has 0 fully saturated rings. The quantitative estimate of drug-likeness (QED) is 0.287. The minimum absolute atomic E-state index is 0.0788. The third-order valence-corrected chi connectivity index (χ3v) is 3.05. The van der Waals surface area contributed by atoms with E-state index >= 15 is 0 Å². The van der Waals surface area contributed by atoms with Gasteiger partial charge in [0.05, 0.1) is 59.4 Å². The molecule has 0 radical (unpaired) electrons. The lowest BCUT2D eigenvalue weighted by Crippen LogP contribution is -2.34. The molecule has 0 heterocycles. The van der Waals surface area contributed by atoms with E-state index in [0.717, 1.165) is 0 Å². The first kappa shape index (κ1) is 27.1. The maximum absolute atomic E-state index is 11.4. The highest BCUT2D eigenvalue weighted by atomic mass is 16.6. The molecule has 0 atom stereocenters. The van der Waals surface area contributed by atoms with Gasteiger partial charge in [0.25, 0.3) is 0 Å². The zero-order valence-corrected chi connectivity index (χ0v) is 18.1. The van der Waals surface area contributed by atoms with Gasteiger partial charge < -0.3 is 34.3 Å². The smallest absolute Gasteiger partial charge is 0.407 e. The van der Waals surface area contributed by atoms with Crippen molar-refractivity contribution in [3.8, 4) is 11.8 Å². The van der Waals surface area contributed by atoms with E-state index in [2.05, 4.69) is 22.5 Å². The van der Waals surface area contributed by atoms with Crippen molar-refractivity contribution < 1.29 is 33.3 Å². The van der Waals surface area contributed by atoms with E-state index in [4.69, 9.17) is 23.7 Å². The first-order chi connectivity index (χ1) is 13.8. The molecular formula is C20H36N2O7. The number of carbonyl (C=O) groups is 2. The third kappa shape index (κ3) is 22.3. The highest BCUT2D eigenvalue weighted by Crippen LogP contribution is 2.05. The van der Waals surface area contributed by atoms with Gasteiger partial charge in [-0.1, -0.05) is 5.92 Å². The molecule has 0 bridgehead atoms. The Morgan fingerprint density at radius 3 is 1.83 bits per heavy atom. The summed E-state index contributed by atoms with van der Waals surface area (Å²) in [5.41, 5.74) is -0.507. The second-order valence-corrected chi connectivity index (χ2v) is 6.83. The normalized spacial score (nSPS) is 10.8. The van der Waals surface area contributed by atoms with Gasteiger partial charge in [0.15, 0.2) is 0 Å². The van der Waals surface area contributed by atoms with E-state index in [1.165, 1.54) is 0 Å². The van der Waals surface area contributed by atoms with Crippen LogP contribution in [0.2, 0.25) is 0 Å². The molecule has 0 aliphatic carbocycles. The van der Waals surface area contributed by atoms with E-state index in [1.807, 2.05) is 20.8 Å². The van der Waals surface area contributed by atoms with Crippen LogP contribution in [-0.4, -0.2) is 83.5 Å². The van der Waals surface area contributed by atoms with Gasteiger partial charge in [0.1, 0.15) is 5.60 Å². The summed E-state index contributed by atoms with van der Waals surface area (Å²) in [6.07, 6.45) is -0.148. The van der Waals surface area contributed by atoms with Crippen LogP contribution in [0.4, 0.5) is 4.79 Å². The number of amides is 2. The summed E-state index contributed by atoms with van der Waals surface area (Å²) in [6.45, 7) is 11.3. The molecule has 0 aromatic carbocycles. The molecule has 0 aromatic rings. The minimum atomic E-state index is -0.507. The van der Waals surface area contributed by atoms with Crippen LogP contribution in [0.25, 0.3) is 0 Å². The van der Waals surface area contributed by atoms with E-state index < -0.39 is 11.7 Å². The Labute approximate surface area is 174 Å². The summed E-state index contributed by atoms with van der Waals surface area (Å²) in [6, 6.07) is 0. The highest BCUT2D eigenvalue weighted by molar-refractivity contribution is 5.76. The molecule has 0 aliphatic rings. The molecule has 9 nitrogen and oxygen atoms in total. The third-order valence-electron chi connectivity index (χ3n) is 3.05. The lowest BCUT2D eigenvalue weighted by atomic mass is 10.2. The van der Waals surface area contributed by atoms with Gasteiger partial charge in [-0.05, 0) is 27.7 Å². The Bertz CT molecular complexity index is 495. The van der Waals surface area contributed by atoms with Crippen molar-refractivity contribution in [3.05, 3.63) is 0 Å². The number of hydrogen-bond donors (Lipinski definition) is 2. The predicted octanol–water partition coefficient (Wildman–Crippen LogP) is 1.11. The maximum atomic E-state index is 11.4. The van der Waals surface area contributed by atoms with Crippen molar-refractivity contribution in [1.29, 1.82) is 0 Å². The molecule has 2 N–H and O–H groups in total. The van der Waals surface area contributed by atoms with Crippen molar-refractivity contribution >= 4 is 12.0 Å². The van der Waals surface area contributed by atoms with E-state index in [9.17, 15) is 9.59 Å². The Morgan fingerprint density at radius 1 is 0.793 bits per heavy atom. The molecule has 9 heteroatoms. The van der Waals surface area contributed by atoms with Crippen LogP contribution >= 0.6 is 0 Å². The van der Waals surface area contributed by atoms with Gasteiger partial charge in [-0.25, -0.2) is 4.79 Å². The van der Waals surface area contributed by atoms with E-state index in [1.54, 1.807) is 6.92 Å². The molecule has 168 valence electrons. The van der Waals surface area contributed by atoms with E-state index in [-0.39, 0.29) is 5.91 Å². The summed E-state index contributed by atoms with van der Waals surface area (Å²) in [5.74, 6) is 5.39. The molecule has 0 unspecified atom stereocenters. The highest BCUT2D eigenvalue weighted by Gasteiger charge is 2.15. The fourth-order valence-electron chi connectivity index (χ4n) is 1.79. The number of nitrogens with one attached hydrogen (secondary N) is 2. The number of carbonyl (C=O) groups excluding carboxylic acids is 2. The molecule has 29 heavy (non-hydrogen) atoms. The zero-order chi connectivity index (χ0) is 21.8. The summed E-state index contributed by atoms with van der Waals surface area (Å²) < 4.78 is 26.5. The number of rotatable bonds is 16. The zero-order valence-electron chi connectivity index (χ0n) is 18.1. The summed E-state index contributed by atoms with van der Waals surface area (Å²) in [5, 5.41) is 5.28. The molecule has 0 aromatic heterocycles. The van der Waals surface area contributed by atoms with Crippen molar-refractivity contribution in [1.82, 2.24) is 10.6 Å². The Balaban J connectivity index is 3.23. The van der Waals surface area contributed by atoms with Gasteiger partial charge in [-0.3, -0.25) is 4.79 Å². The molecule has 0 spiro atoms. The molecule has 0 aliphatic heterocycles. The fraction of sp³-hybridized carbons (Fsp3) is 0.800. The van der Waals surface area contributed by atoms with Crippen LogP contribution in [0, 0.1) is 11.8 Å². The monoisotopic (exact) mass is 416 g/mol. The first-order valence-corrected chi connectivity index (χ1v) is 9.79. The van der Waals surface area contributed by atoms with Crippen LogP contribution in [-0.2, 0) is 28.5 Å². The predicted molar refractivity (Wildman–Crippen MR) is 109 cm³/mol. The lowest BCUT2D eigenvalue weighted by molar-refractivity contribution is -0.122. The molecule has 0 saturated carbocycles. The molecule has 0 rings (SSSR count). The SMILES string of the molecule is CC#CCNC(=O)CCOCCOCCOCCOCCNC(=O)OC(C)(C)C. The Morgan fingerprint density at radius 2 is 1.31 bits per heavy atom. The van der Waals surface area contributed by atoms with Crippen molar-refractivity contribution in [2.45, 2.75) is 39.7 Å². The fourth-order valence-corrected chi connectivity index (χ4v) is 1.79. The summed E-state index contributed by atoms with van der Waals surface area (Å²) in [4.78, 5) is 22.8. The topological polar surface area (TPSA) is 104 Å². The van der Waals surface area contributed by atoms with Crippen molar-refractivity contribution in [3.63, 3.8) is 0 Å². The van der Waals surface area contributed by atoms with Gasteiger partial charge in [0.2, 0.25) is 5.91 Å². The second-order valence-electron chi connectivity index (χ2n) is 6.83. The molecule has 0 saturated heterocycles. The van der Waals surface area contributed by atoms with Gasteiger partial charge in [0, 0.05) is 13.0 Å². The van der Waals surface area contributed by atoms with Crippen LogP contribution < -0.4 is 10.6 Å². The van der Waals surface area contributed by atoms with Crippen LogP contribution in [0.15, 0.2) is 0 Å². The summed E-state index contributed by atoms with van der Waals surface area (Å²) in [7, 11) is 0. The largest absolute Gasteiger partial charge is 0.444 e. The maximum Gasteiger partial charge on any atom is 0.407 e. The van der Waals surface area contributed by atoms with Crippen LogP contribution in [0.3, 0.4) is 0 Å². The molecule has 2 amide bonds. The average molecular weight is 417 g/mol. The number of hydrogen-bond acceptors (Lipinski definition) is 7. The van der Waals surface area contributed by atoms with E-state index in [0.29, 0.717) is 72.4 Å². The Kier molecular flexibility index (Phi) is 17.0. The number of ether oxygens (including phenoxy) is 5.